The number of unbranched alkanes of at least 4 members (excludes halogenated alkanes) is 1. The Morgan fingerprint density at radius 1 is 1.45 bits per heavy atom. The van der Waals surface area contributed by atoms with Gasteiger partial charge in [-0.1, -0.05) is 37.6 Å². The van der Waals surface area contributed by atoms with Crippen LogP contribution < -0.4 is 11.1 Å². The molecular weight excluding hydrogens is 252 g/mol. The number of nitrogens with one attached hydrogen (secondary N) is 1. The Labute approximate surface area is 120 Å². The number of benzene rings is 1. The van der Waals surface area contributed by atoms with Crippen LogP contribution in [0.3, 0.4) is 0 Å². The number of esters is 1. The quantitative estimate of drug-likeness (QED) is 0.633. The third-order valence-electron chi connectivity index (χ3n) is 3.84. The van der Waals surface area contributed by atoms with Crippen LogP contribution in [-0.2, 0) is 16.0 Å². The van der Waals surface area contributed by atoms with Crippen molar-refractivity contribution in [3.63, 3.8) is 0 Å². The maximum absolute atomic E-state index is 12.4. The molecule has 1 aliphatic heterocycles. The normalized spacial score (nSPS) is 21.9. The van der Waals surface area contributed by atoms with E-state index in [2.05, 4.69) is 18.3 Å². The molecule has 4 nitrogen and oxygen atoms in total. The third kappa shape index (κ3) is 3.38. The summed E-state index contributed by atoms with van der Waals surface area (Å²) in [5.74, 6) is -0.452. The lowest BCUT2D eigenvalue weighted by Gasteiger charge is -2.24. The van der Waals surface area contributed by atoms with Crippen LogP contribution in [0.4, 0.5) is 0 Å². The first-order valence-corrected chi connectivity index (χ1v) is 7.45. The van der Waals surface area contributed by atoms with E-state index in [1.807, 2.05) is 18.2 Å². The molecule has 0 amide bonds. The summed E-state index contributed by atoms with van der Waals surface area (Å²) in [7, 11) is 0. The Hall–Kier alpha value is -1.39. The highest BCUT2D eigenvalue weighted by atomic mass is 16.5. The molecule has 0 spiro atoms. The first-order valence-electron chi connectivity index (χ1n) is 7.45. The van der Waals surface area contributed by atoms with Crippen molar-refractivity contribution in [2.45, 2.75) is 38.1 Å². The van der Waals surface area contributed by atoms with Crippen molar-refractivity contribution in [3.05, 3.63) is 35.4 Å². The molecule has 0 bridgehead atoms. The summed E-state index contributed by atoms with van der Waals surface area (Å²) in [6, 6.07) is 8.05. The monoisotopic (exact) mass is 276 g/mol. The molecule has 0 radical (unpaired) electrons. The number of ether oxygens (including phenoxy) is 1. The second-order valence-corrected chi connectivity index (χ2v) is 5.24. The second kappa shape index (κ2) is 7.41. The van der Waals surface area contributed by atoms with Gasteiger partial charge in [0.15, 0.2) is 0 Å². The Morgan fingerprint density at radius 2 is 2.25 bits per heavy atom. The van der Waals surface area contributed by atoms with Gasteiger partial charge in [-0.3, -0.25) is 4.79 Å². The van der Waals surface area contributed by atoms with Crippen LogP contribution in [0.5, 0.6) is 0 Å². The number of hydrogen-bond donors (Lipinski definition) is 2. The summed E-state index contributed by atoms with van der Waals surface area (Å²) in [5, 5.41) is 3.37. The van der Waals surface area contributed by atoms with E-state index in [-0.39, 0.29) is 17.9 Å². The van der Waals surface area contributed by atoms with Crippen LogP contribution >= 0.6 is 0 Å². The second-order valence-electron chi connectivity index (χ2n) is 5.24. The fourth-order valence-corrected chi connectivity index (χ4v) is 2.71. The zero-order valence-corrected chi connectivity index (χ0v) is 12.1. The molecule has 1 aromatic carbocycles. The molecule has 0 saturated carbocycles. The van der Waals surface area contributed by atoms with Crippen molar-refractivity contribution in [1.82, 2.24) is 5.32 Å². The number of carbonyl (C=O) groups is 1. The largest absolute Gasteiger partial charge is 0.465 e. The van der Waals surface area contributed by atoms with Gasteiger partial charge in [0.1, 0.15) is 0 Å². The molecule has 1 aliphatic rings. The highest BCUT2D eigenvalue weighted by Crippen LogP contribution is 2.27. The average Bonchev–Trinajstić information content (AvgIpc) is 2.66. The Bertz CT molecular complexity index is 448. The maximum Gasteiger partial charge on any atom is 0.315 e. The summed E-state index contributed by atoms with van der Waals surface area (Å²) in [6.07, 6.45) is 2.85. The van der Waals surface area contributed by atoms with E-state index >= 15 is 0 Å². The van der Waals surface area contributed by atoms with E-state index in [0.29, 0.717) is 13.2 Å². The molecule has 3 N–H and O–H groups in total. The summed E-state index contributed by atoms with van der Waals surface area (Å²) in [6.45, 7) is 3.85. The van der Waals surface area contributed by atoms with Gasteiger partial charge in [0.05, 0.1) is 12.5 Å². The van der Waals surface area contributed by atoms with Gasteiger partial charge >= 0.3 is 5.97 Å². The molecule has 2 rings (SSSR count). The lowest BCUT2D eigenvalue weighted by molar-refractivity contribution is -0.146. The molecule has 0 fully saturated rings. The van der Waals surface area contributed by atoms with Crippen molar-refractivity contribution in [3.8, 4) is 0 Å². The van der Waals surface area contributed by atoms with Gasteiger partial charge in [-0.25, -0.2) is 0 Å². The third-order valence-corrected chi connectivity index (χ3v) is 3.84. The van der Waals surface area contributed by atoms with Gasteiger partial charge < -0.3 is 15.8 Å². The number of hydrogen-bond acceptors (Lipinski definition) is 4. The fourth-order valence-electron chi connectivity index (χ4n) is 2.71. The van der Waals surface area contributed by atoms with E-state index in [1.165, 1.54) is 5.56 Å². The number of fused-ring (bicyclic) bond motifs is 1. The fraction of sp³-hybridized carbons (Fsp3) is 0.562. The molecule has 0 aliphatic carbocycles. The molecule has 0 saturated heterocycles. The topological polar surface area (TPSA) is 64.3 Å². The predicted molar refractivity (Wildman–Crippen MR) is 79.6 cm³/mol. The zero-order chi connectivity index (χ0) is 14.4. The van der Waals surface area contributed by atoms with E-state index in [1.54, 1.807) is 0 Å². The van der Waals surface area contributed by atoms with Crippen LogP contribution in [-0.4, -0.2) is 31.7 Å². The Balaban J connectivity index is 2.22. The van der Waals surface area contributed by atoms with Gasteiger partial charge in [0.25, 0.3) is 0 Å². The zero-order valence-electron chi connectivity index (χ0n) is 12.1. The summed E-state index contributed by atoms with van der Waals surface area (Å²) < 4.78 is 5.43. The van der Waals surface area contributed by atoms with Crippen molar-refractivity contribution in [2.24, 2.45) is 5.73 Å². The molecule has 20 heavy (non-hydrogen) atoms. The van der Waals surface area contributed by atoms with E-state index in [9.17, 15) is 4.79 Å². The van der Waals surface area contributed by atoms with E-state index in [4.69, 9.17) is 10.5 Å². The van der Waals surface area contributed by atoms with Gasteiger partial charge in [-0.2, -0.15) is 0 Å². The van der Waals surface area contributed by atoms with Crippen LogP contribution in [0.1, 0.15) is 36.8 Å². The molecule has 110 valence electrons. The minimum atomic E-state index is -0.296. The summed E-state index contributed by atoms with van der Waals surface area (Å²) in [4.78, 5) is 12.4. The number of nitrogens with two attached hydrogens (primary N) is 1. The van der Waals surface area contributed by atoms with Gasteiger partial charge in [0.2, 0.25) is 0 Å². The number of rotatable bonds is 5. The first-order chi connectivity index (χ1) is 9.77. The number of carbonyl (C=O) groups excluding carboxylic acids is 1. The average molecular weight is 276 g/mol. The van der Waals surface area contributed by atoms with Crippen LogP contribution in [0, 0.1) is 0 Å². The summed E-state index contributed by atoms with van der Waals surface area (Å²) in [5.41, 5.74) is 8.12. The van der Waals surface area contributed by atoms with Crippen LogP contribution in [0.25, 0.3) is 0 Å². The van der Waals surface area contributed by atoms with Crippen molar-refractivity contribution in [1.29, 1.82) is 0 Å². The minimum absolute atomic E-state index is 0.0484. The lowest BCUT2D eigenvalue weighted by Crippen LogP contribution is -2.43. The standard InChI is InChI=1S/C16H24N2O2/c1-2-3-10-20-16(19)15-13-7-5-4-6-12(13)8-9-18-14(15)11-17/h4-7,14-15,18H,2-3,8-11,17H2,1H3. The van der Waals surface area contributed by atoms with E-state index < -0.39 is 0 Å². The smallest absolute Gasteiger partial charge is 0.315 e. The maximum atomic E-state index is 12.4. The molecule has 2 unspecified atom stereocenters. The minimum Gasteiger partial charge on any atom is -0.465 e. The van der Waals surface area contributed by atoms with E-state index in [0.717, 1.165) is 31.4 Å². The lowest BCUT2D eigenvalue weighted by atomic mass is 9.89. The SMILES string of the molecule is CCCCOC(=O)C1c2ccccc2CCNC1CN. The Morgan fingerprint density at radius 3 is 3.00 bits per heavy atom. The van der Waals surface area contributed by atoms with Gasteiger partial charge in [-0.05, 0) is 30.5 Å². The molecule has 1 heterocycles. The van der Waals surface area contributed by atoms with Gasteiger partial charge in [0, 0.05) is 12.6 Å². The van der Waals surface area contributed by atoms with Gasteiger partial charge in [-0.15, -0.1) is 0 Å². The highest BCUT2D eigenvalue weighted by molar-refractivity contribution is 5.80. The molecule has 1 aromatic rings. The molecule has 2 atom stereocenters. The predicted octanol–water partition coefficient (Wildman–Crippen LogP) is 1.59. The van der Waals surface area contributed by atoms with Crippen molar-refractivity contribution >= 4 is 5.97 Å². The van der Waals surface area contributed by atoms with Crippen molar-refractivity contribution < 1.29 is 9.53 Å². The molecule has 0 aromatic heterocycles. The summed E-state index contributed by atoms with van der Waals surface area (Å²) >= 11 is 0. The molecule has 4 heteroatoms. The van der Waals surface area contributed by atoms with Crippen LogP contribution in [0.2, 0.25) is 0 Å². The molecular formula is C16H24N2O2. The first kappa shape index (κ1) is 15.0. The van der Waals surface area contributed by atoms with Crippen LogP contribution in [0.15, 0.2) is 24.3 Å². The van der Waals surface area contributed by atoms with Crippen molar-refractivity contribution in [2.75, 3.05) is 19.7 Å². The highest BCUT2D eigenvalue weighted by Gasteiger charge is 2.33. The Kier molecular flexibility index (Phi) is 5.56.